The van der Waals surface area contributed by atoms with Crippen LogP contribution in [-0.2, 0) is 11.9 Å². The quantitative estimate of drug-likeness (QED) is 0.826. The summed E-state index contributed by atoms with van der Waals surface area (Å²) in [5, 5.41) is 4.00. The van der Waals surface area contributed by atoms with Gasteiger partial charge in [0, 0.05) is 17.0 Å². The number of rotatable bonds is 2. The molecule has 0 amide bonds. The highest BCUT2D eigenvalue weighted by molar-refractivity contribution is 7.79. The molecule has 0 fully saturated rings. The van der Waals surface area contributed by atoms with Crippen LogP contribution in [0.4, 0.5) is 13.2 Å². The highest BCUT2D eigenvalue weighted by atomic mass is 32.1. The Morgan fingerprint density at radius 2 is 1.94 bits per heavy atom. The summed E-state index contributed by atoms with van der Waals surface area (Å²) < 4.78 is 40.0. The molecule has 0 atom stereocenters. The number of aromatic nitrogens is 2. The van der Waals surface area contributed by atoms with Gasteiger partial charge in [-0.3, -0.25) is 0 Å². The lowest BCUT2D eigenvalue weighted by Crippen LogP contribution is -2.12. The summed E-state index contributed by atoms with van der Waals surface area (Å²) in [6.45, 7) is 1.73. The van der Waals surface area contributed by atoms with Crippen molar-refractivity contribution in [2.24, 2.45) is 0 Å². The Labute approximate surface area is 108 Å². The van der Waals surface area contributed by atoms with Gasteiger partial charge in [0.2, 0.25) is 0 Å². The second-order valence-electron chi connectivity index (χ2n) is 3.84. The maximum absolute atomic E-state index is 12.9. The average Bonchev–Trinajstić information content (AvgIpc) is 2.69. The maximum atomic E-state index is 12.9. The third kappa shape index (κ3) is 2.25. The van der Waals surface area contributed by atoms with E-state index in [1.807, 2.05) is 0 Å². The number of nitrogens with zero attached hydrogens (tertiary/aromatic N) is 2. The van der Waals surface area contributed by atoms with E-state index in [1.165, 1.54) is 23.0 Å². The molecule has 0 aliphatic carbocycles. The van der Waals surface area contributed by atoms with Gasteiger partial charge in [-0.25, -0.2) is 4.68 Å². The van der Waals surface area contributed by atoms with Crippen LogP contribution in [0.5, 0.6) is 0 Å². The van der Waals surface area contributed by atoms with E-state index in [-0.39, 0.29) is 5.69 Å². The molecule has 0 aliphatic rings. The first-order valence-corrected chi connectivity index (χ1v) is 5.89. The number of benzene rings is 1. The topological polar surface area (TPSA) is 17.8 Å². The molecular weight excluding hydrogens is 261 g/mol. The minimum atomic E-state index is -4.39. The first kappa shape index (κ1) is 13.0. The normalized spacial score (nSPS) is 11.8. The van der Waals surface area contributed by atoms with E-state index >= 15 is 0 Å². The van der Waals surface area contributed by atoms with Crippen molar-refractivity contribution in [3.05, 3.63) is 47.3 Å². The smallest absolute Gasteiger partial charge is 0.237 e. The van der Waals surface area contributed by atoms with Gasteiger partial charge in [-0.15, -0.1) is 0 Å². The Kier molecular flexibility index (Phi) is 3.38. The van der Waals surface area contributed by atoms with E-state index in [0.717, 1.165) is 11.6 Å². The number of thiol groups is 1. The predicted octanol–water partition coefficient (Wildman–Crippen LogP) is 3.63. The molecule has 0 N–H and O–H groups in total. The summed E-state index contributed by atoms with van der Waals surface area (Å²) in [5.74, 6) is 0.444. The van der Waals surface area contributed by atoms with Gasteiger partial charge >= 0.3 is 6.18 Å². The maximum Gasteiger partial charge on any atom is 0.418 e. The monoisotopic (exact) mass is 272 g/mol. The van der Waals surface area contributed by atoms with E-state index in [2.05, 4.69) is 17.7 Å². The molecule has 2 aromatic rings. The van der Waals surface area contributed by atoms with Crippen LogP contribution < -0.4 is 0 Å². The highest BCUT2D eigenvalue weighted by Gasteiger charge is 2.34. The minimum absolute atomic E-state index is 0.0375. The lowest BCUT2D eigenvalue weighted by molar-refractivity contribution is -0.137. The van der Waals surface area contributed by atoms with E-state index in [4.69, 9.17) is 0 Å². The minimum Gasteiger partial charge on any atom is -0.237 e. The van der Waals surface area contributed by atoms with Crippen LogP contribution >= 0.6 is 12.6 Å². The predicted molar refractivity (Wildman–Crippen MR) is 66.0 cm³/mol. The first-order valence-electron chi connectivity index (χ1n) is 5.26. The number of hydrogen-bond donors (Lipinski definition) is 1. The van der Waals surface area contributed by atoms with E-state index < -0.39 is 11.7 Å². The molecule has 0 unspecified atom stereocenters. The lowest BCUT2D eigenvalue weighted by atomic mass is 10.1. The molecule has 0 radical (unpaired) electrons. The Morgan fingerprint density at radius 1 is 1.28 bits per heavy atom. The van der Waals surface area contributed by atoms with Gasteiger partial charge in [0.15, 0.2) is 0 Å². The summed E-state index contributed by atoms with van der Waals surface area (Å²) in [4.78, 5) is 0. The second-order valence-corrected chi connectivity index (χ2v) is 4.16. The molecule has 0 saturated carbocycles. The Bertz CT molecular complexity index is 561. The van der Waals surface area contributed by atoms with Crippen LogP contribution in [0.2, 0.25) is 0 Å². The van der Waals surface area contributed by atoms with E-state index in [9.17, 15) is 13.2 Å². The third-order valence-electron chi connectivity index (χ3n) is 2.72. The largest absolute Gasteiger partial charge is 0.418 e. The first-order chi connectivity index (χ1) is 8.45. The molecule has 0 spiro atoms. The molecule has 1 aromatic heterocycles. The fourth-order valence-corrected chi connectivity index (χ4v) is 2.05. The van der Waals surface area contributed by atoms with Gasteiger partial charge in [-0.2, -0.15) is 30.9 Å². The molecule has 6 heteroatoms. The lowest BCUT2D eigenvalue weighted by Gasteiger charge is -2.13. The molecule has 2 nitrogen and oxygen atoms in total. The zero-order valence-electron chi connectivity index (χ0n) is 9.57. The molecule has 0 saturated heterocycles. The number of halogens is 3. The SMILES string of the molecule is Cc1c(CS)cnn1-c1ccccc1C(F)(F)F. The van der Waals surface area contributed by atoms with Gasteiger partial charge < -0.3 is 0 Å². The third-order valence-corrected chi connectivity index (χ3v) is 3.06. The summed E-state index contributed by atoms with van der Waals surface area (Å²) in [6, 6.07) is 5.39. The van der Waals surface area contributed by atoms with Crippen molar-refractivity contribution in [1.82, 2.24) is 9.78 Å². The van der Waals surface area contributed by atoms with Crippen molar-refractivity contribution in [2.45, 2.75) is 18.9 Å². The van der Waals surface area contributed by atoms with Crippen molar-refractivity contribution in [3.8, 4) is 5.69 Å². The Hall–Kier alpha value is -1.43. The van der Waals surface area contributed by atoms with Crippen molar-refractivity contribution in [2.75, 3.05) is 0 Å². The fourth-order valence-electron chi connectivity index (χ4n) is 1.74. The molecule has 18 heavy (non-hydrogen) atoms. The van der Waals surface area contributed by atoms with Gasteiger partial charge in [-0.05, 0) is 19.1 Å². The van der Waals surface area contributed by atoms with Gasteiger partial charge in [0.25, 0.3) is 0 Å². The van der Waals surface area contributed by atoms with Crippen LogP contribution in [0.1, 0.15) is 16.8 Å². The zero-order valence-corrected chi connectivity index (χ0v) is 10.5. The number of hydrogen-bond acceptors (Lipinski definition) is 2. The van der Waals surface area contributed by atoms with Crippen LogP contribution in [0.25, 0.3) is 5.69 Å². The zero-order chi connectivity index (χ0) is 13.3. The summed E-state index contributed by atoms with van der Waals surface area (Å²) in [6.07, 6.45) is -2.86. The number of para-hydroxylation sites is 1. The van der Waals surface area contributed by atoms with Crippen LogP contribution in [0.15, 0.2) is 30.5 Å². The van der Waals surface area contributed by atoms with E-state index in [0.29, 0.717) is 11.4 Å². The standard InChI is InChI=1S/C12H11F3N2S/c1-8-9(7-18)6-16-17(8)11-5-3-2-4-10(11)12(13,14)15/h2-6,18H,7H2,1H3. The molecule has 0 aliphatic heterocycles. The van der Waals surface area contributed by atoms with Gasteiger partial charge in [0.05, 0.1) is 17.4 Å². The molecular formula is C12H11F3N2S. The van der Waals surface area contributed by atoms with Crippen molar-refractivity contribution in [1.29, 1.82) is 0 Å². The van der Waals surface area contributed by atoms with Gasteiger partial charge in [-0.1, -0.05) is 12.1 Å². The Morgan fingerprint density at radius 3 is 2.50 bits per heavy atom. The Balaban J connectivity index is 2.61. The van der Waals surface area contributed by atoms with Crippen LogP contribution in [-0.4, -0.2) is 9.78 Å². The van der Waals surface area contributed by atoms with Gasteiger partial charge in [0.1, 0.15) is 0 Å². The summed E-state index contributed by atoms with van der Waals surface area (Å²) in [7, 11) is 0. The average molecular weight is 272 g/mol. The molecule has 1 heterocycles. The molecule has 1 aromatic carbocycles. The second kappa shape index (κ2) is 4.68. The summed E-state index contributed by atoms with van der Waals surface area (Å²) in [5.41, 5.74) is 0.828. The van der Waals surface area contributed by atoms with Crippen LogP contribution in [0, 0.1) is 6.92 Å². The number of alkyl halides is 3. The molecule has 96 valence electrons. The van der Waals surface area contributed by atoms with Crippen molar-refractivity contribution in [3.63, 3.8) is 0 Å². The van der Waals surface area contributed by atoms with Crippen molar-refractivity contribution < 1.29 is 13.2 Å². The van der Waals surface area contributed by atoms with E-state index in [1.54, 1.807) is 13.0 Å². The summed E-state index contributed by atoms with van der Waals surface area (Å²) >= 11 is 4.11. The van der Waals surface area contributed by atoms with Crippen molar-refractivity contribution >= 4 is 12.6 Å². The fraction of sp³-hybridized carbons (Fsp3) is 0.250. The molecule has 2 rings (SSSR count). The molecule has 0 bridgehead atoms. The highest BCUT2D eigenvalue weighted by Crippen LogP contribution is 2.34. The van der Waals surface area contributed by atoms with Crippen LogP contribution in [0.3, 0.4) is 0 Å².